The Morgan fingerprint density at radius 1 is 1.08 bits per heavy atom. The average Bonchev–Trinajstić information content (AvgIpc) is 2.49. The Bertz CT molecular complexity index is 698. The third kappa shape index (κ3) is 5.06. The van der Waals surface area contributed by atoms with E-state index in [1.54, 1.807) is 18.0 Å². The number of carbonyl (C=O) groups is 1. The van der Waals surface area contributed by atoms with Crippen molar-refractivity contribution in [2.24, 2.45) is 0 Å². The Labute approximate surface area is 136 Å². The maximum absolute atomic E-state index is 13.4. The van der Waals surface area contributed by atoms with Crippen molar-refractivity contribution in [3.8, 4) is 0 Å². The molecule has 1 amide bonds. The lowest BCUT2D eigenvalue weighted by Gasteiger charge is -2.17. The number of anilines is 1. The summed E-state index contributed by atoms with van der Waals surface area (Å²) in [4.78, 5) is 13.5. The summed E-state index contributed by atoms with van der Waals surface area (Å²) in [7, 11) is 1.65. The largest absolute Gasteiger partial charge is 0.416 e. The van der Waals surface area contributed by atoms with E-state index in [0.29, 0.717) is 12.1 Å². The van der Waals surface area contributed by atoms with Gasteiger partial charge in [-0.2, -0.15) is 13.2 Å². The maximum atomic E-state index is 13.4. The number of rotatable bonds is 5. The van der Waals surface area contributed by atoms with Crippen LogP contribution in [0.15, 0.2) is 48.5 Å². The van der Waals surface area contributed by atoms with Crippen LogP contribution in [0, 0.1) is 5.82 Å². The minimum absolute atomic E-state index is 0.0185. The molecule has 128 valence electrons. The molecule has 0 fully saturated rings. The lowest BCUT2D eigenvalue weighted by Crippen LogP contribution is -2.30. The third-order valence-corrected chi connectivity index (χ3v) is 3.30. The van der Waals surface area contributed by atoms with E-state index in [1.807, 2.05) is 0 Å². The van der Waals surface area contributed by atoms with Crippen LogP contribution in [-0.4, -0.2) is 24.4 Å². The molecule has 24 heavy (non-hydrogen) atoms. The van der Waals surface area contributed by atoms with Gasteiger partial charge >= 0.3 is 6.18 Å². The summed E-state index contributed by atoms with van der Waals surface area (Å²) in [5.74, 6) is -0.939. The highest BCUT2D eigenvalue weighted by Crippen LogP contribution is 2.29. The van der Waals surface area contributed by atoms with Crippen molar-refractivity contribution in [1.82, 2.24) is 4.90 Å². The van der Waals surface area contributed by atoms with Crippen molar-refractivity contribution in [2.45, 2.75) is 12.7 Å². The van der Waals surface area contributed by atoms with Crippen molar-refractivity contribution in [3.63, 3.8) is 0 Å². The van der Waals surface area contributed by atoms with Crippen LogP contribution in [0.2, 0.25) is 0 Å². The van der Waals surface area contributed by atoms with E-state index in [4.69, 9.17) is 0 Å². The number of halogens is 4. The highest BCUT2D eigenvalue weighted by Gasteiger charge is 2.29. The molecule has 3 nitrogen and oxygen atoms in total. The number of carbonyl (C=O) groups excluding carboxylic acids is 1. The van der Waals surface area contributed by atoms with Gasteiger partial charge in [0, 0.05) is 6.54 Å². The summed E-state index contributed by atoms with van der Waals surface area (Å²) in [6.45, 7) is 0.276. The third-order valence-electron chi connectivity index (χ3n) is 3.30. The van der Waals surface area contributed by atoms with Crippen LogP contribution in [-0.2, 0) is 17.5 Å². The van der Waals surface area contributed by atoms with E-state index in [2.05, 4.69) is 5.32 Å². The number of benzene rings is 2. The molecule has 0 heterocycles. The zero-order valence-electron chi connectivity index (χ0n) is 12.9. The summed E-state index contributed by atoms with van der Waals surface area (Å²) in [5.41, 5.74) is 0.0146. The summed E-state index contributed by atoms with van der Waals surface area (Å²) in [6.07, 6.45) is -4.37. The van der Waals surface area contributed by atoms with Gasteiger partial charge in [0.1, 0.15) is 5.82 Å². The van der Waals surface area contributed by atoms with Crippen LogP contribution in [0.4, 0.5) is 23.2 Å². The quantitative estimate of drug-likeness (QED) is 0.837. The normalized spacial score (nSPS) is 11.6. The van der Waals surface area contributed by atoms with Crippen molar-refractivity contribution >= 4 is 11.6 Å². The molecule has 2 aromatic rings. The van der Waals surface area contributed by atoms with Crippen molar-refractivity contribution < 1.29 is 22.4 Å². The van der Waals surface area contributed by atoms with Crippen LogP contribution in [0.1, 0.15) is 11.1 Å². The Hall–Kier alpha value is -2.41. The smallest absolute Gasteiger partial charge is 0.322 e. The summed E-state index contributed by atoms with van der Waals surface area (Å²) in [6, 6.07) is 10.5. The van der Waals surface area contributed by atoms with E-state index < -0.39 is 23.5 Å². The van der Waals surface area contributed by atoms with E-state index in [1.165, 1.54) is 30.3 Å². The molecule has 0 aliphatic heterocycles. The number of nitrogens with one attached hydrogen (secondary N) is 1. The Morgan fingerprint density at radius 2 is 1.71 bits per heavy atom. The molecule has 0 radical (unpaired) electrons. The predicted octanol–water partition coefficient (Wildman–Crippen LogP) is 3.92. The first-order valence-electron chi connectivity index (χ1n) is 7.15. The monoisotopic (exact) mass is 340 g/mol. The molecule has 0 spiro atoms. The fourth-order valence-corrected chi connectivity index (χ4v) is 2.16. The van der Waals surface area contributed by atoms with Crippen LogP contribution < -0.4 is 5.32 Å². The van der Waals surface area contributed by atoms with Gasteiger partial charge < -0.3 is 5.32 Å². The van der Waals surface area contributed by atoms with Crippen molar-refractivity contribution in [3.05, 3.63) is 65.5 Å². The Morgan fingerprint density at radius 3 is 2.29 bits per heavy atom. The van der Waals surface area contributed by atoms with Gasteiger partial charge in [-0.1, -0.05) is 24.3 Å². The topological polar surface area (TPSA) is 32.3 Å². The molecule has 0 aliphatic rings. The number of likely N-dealkylation sites (N-methyl/N-ethyl adjacent to an activating group) is 1. The van der Waals surface area contributed by atoms with Crippen molar-refractivity contribution in [1.29, 1.82) is 0 Å². The summed E-state index contributed by atoms with van der Waals surface area (Å²) < 4.78 is 50.9. The molecule has 0 aromatic heterocycles. The number of amides is 1. The van der Waals surface area contributed by atoms with Crippen LogP contribution in [0.5, 0.6) is 0 Å². The minimum atomic E-state index is -4.37. The van der Waals surface area contributed by atoms with Crippen LogP contribution >= 0.6 is 0 Å². The number of alkyl halides is 3. The lowest BCUT2D eigenvalue weighted by atomic mass is 10.1. The van der Waals surface area contributed by atoms with E-state index >= 15 is 0 Å². The maximum Gasteiger partial charge on any atom is 0.416 e. The average molecular weight is 340 g/mol. The second kappa shape index (κ2) is 7.44. The fourth-order valence-electron chi connectivity index (χ4n) is 2.16. The SMILES string of the molecule is CN(CC(=O)Nc1ccccc1F)Cc1ccc(C(F)(F)F)cc1. The van der Waals surface area contributed by atoms with Gasteiger partial charge in [-0.05, 0) is 36.9 Å². The van der Waals surface area contributed by atoms with Gasteiger partial charge in [0.2, 0.25) is 5.91 Å². The number of hydrogen-bond acceptors (Lipinski definition) is 2. The summed E-state index contributed by atoms with van der Waals surface area (Å²) >= 11 is 0. The Kier molecular flexibility index (Phi) is 5.56. The van der Waals surface area contributed by atoms with Gasteiger partial charge in [0.15, 0.2) is 0 Å². The zero-order valence-corrected chi connectivity index (χ0v) is 12.9. The minimum Gasteiger partial charge on any atom is -0.322 e. The van der Waals surface area contributed by atoms with Crippen LogP contribution in [0.25, 0.3) is 0 Å². The number of para-hydroxylation sites is 1. The molecule has 1 N–H and O–H groups in total. The molecular formula is C17H16F4N2O. The van der Waals surface area contributed by atoms with Gasteiger partial charge in [0.25, 0.3) is 0 Å². The molecule has 2 aromatic carbocycles. The fraction of sp³-hybridized carbons (Fsp3) is 0.235. The lowest BCUT2D eigenvalue weighted by molar-refractivity contribution is -0.137. The van der Waals surface area contributed by atoms with Crippen LogP contribution in [0.3, 0.4) is 0 Å². The molecule has 2 rings (SSSR count). The molecule has 7 heteroatoms. The van der Waals surface area contributed by atoms with Gasteiger partial charge in [0.05, 0.1) is 17.8 Å². The molecule has 0 atom stereocenters. The number of nitrogens with zero attached hydrogens (tertiary/aromatic N) is 1. The standard InChI is InChI=1S/C17H16F4N2O/c1-23(10-12-6-8-13(9-7-12)17(19,20)21)11-16(24)22-15-5-3-2-4-14(15)18/h2-9H,10-11H2,1H3,(H,22,24). The highest BCUT2D eigenvalue weighted by molar-refractivity contribution is 5.92. The first-order valence-corrected chi connectivity index (χ1v) is 7.15. The molecule has 0 unspecified atom stereocenters. The molecular weight excluding hydrogens is 324 g/mol. The predicted molar refractivity (Wildman–Crippen MR) is 82.8 cm³/mol. The molecule has 0 saturated heterocycles. The van der Waals surface area contributed by atoms with Crippen molar-refractivity contribution in [2.75, 3.05) is 18.9 Å². The first kappa shape index (κ1) is 17.9. The van der Waals surface area contributed by atoms with E-state index in [-0.39, 0.29) is 12.2 Å². The first-order chi connectivity index (χ1) is 11.3. The summed E-state index contributed by atoms with van der Waals surface area (Å²) in [5, 5.41) is 2.45. The van der Waals surface area contributed by atoms with Gasteiger partial charge in [-0.25, -0.2) is 4.39 Å². The Balaban J connectivity index is 1.90. The van der Waals surface area contributed by atoms with E-state index in [0.717, 1.165) is 12.1 Å². The molecule has 0 aliphatic carbocycles. The molecule has 0 saturated carbocycles. The number of hydrogen-bond donors (Lipinski definition) is 1. The molecule has 0 bridgehead atoms. The highest BCUT2D eigenvalue weighted by atomic mass is 19.4. The van der Waals surface area contributed by atoms with Gasteiger partial charge in [-0.3, -0.25) is 9.69 Å². The second-order valence-corrected chi connectivity index (χ2v) is 5.39. The zero-order chi connectivity index (χ0) is 17.7. The second-order valence-electron chi connectivity index (χ2n) is 5.39. The van der Waals surface area contributed by atoms with E-state index in [9.17, 15) is 22.4 Å². The van der Waals surface area contributed by atoms with Gasteiger partial charge in [-0.15, -0.1) is 0 Å².